The zero-order valence-electron chi connectivity index (χ0n) is 15.1. The summed E-state index contributed by atoms with van der Waals surface area (Å²) in [5, 5.41) is 7.43. The van der Waals surface area contributed by atoms with Crippen molar-refractivity contribution in [2.75, 3.05) is 38.1 Å². The minimum absolute atomic E-state index is 0.815. The molecule has 0 amide bonds. The number of piperazine rings is 1. The molecule has 0 saturated carbocycles. The van der Waals surface area contributed by atoms with Gasteiger partial charge in [-0.25, -0.2) is 4.98 Å². The van der Waals surface area contributed by atoms with Crippen LogP contribution in [0, 0.1) is 20.8 Å². The molecule has 0 aliphatic carbocycles. The maximum absolute atomic E-state index is 5.24. The second-order valence-corrected chi connectivity index (χ2v) is 7.56. The standard InChI is InChI=1S/C18H23N5OS/c1-12-9-15(14(3)23(12)17-10-13(2)24-20-17)16-11-25-18(19-16)22-7-5-21(4)6-8-22/h9-11H,5-8H2,1-4H3. The Bertz CT molecular complexity index is 885. The first-order chi connectivity index (χ1) is 12.0. The van der Waals surface area contributed by atoms with Crippen molar-refractivity contribution in [2.45, 2.75) is 20.8 Å². The van der Waals surface area contributed by atoms with E-state index in [2.05, 4.69) is 51.9 Å². The minimum atomic E-state index is 0.815. The number of hydrogen-bond acceptors (Lipinski definition) is 6. The first kappa shape index (κ1) is 16.4. The largest absolute Gasteiger partial charge is 0.360 e. The quantitative estimate of drug-likeness (QED) is 0.720. The third kappa shape index (κ3) is 2.98. The van der Waals surface area contributed by atoms with E-state index in [4.69, 9.17) is 9.51 Å². The Kier molecular flexibility index (Phi) is 4.13. The molecule has 1 aliphatic heterocycles. The monoisotopic (exact) mass is 357 g/mol. The summed E-state index contributed by atoms with van der Waals surface area (Å²) in [6, 6.07) is 4.14. The fourth-order valence-corrected chi connectivity index (χ4v) is 4.24. The number of anilines is 1. The minimum Gasteiger partial charge on any atom is -0.360 e. The number of aromatic nitrogens is 3. The van der Waals surface area contributed by atoms with Crippen molar-refractivity contribution in [1.82, 2.24) is 19.6 Å². The van der Waals surface area contributed by atoms with E-state index in [0.29, 0.717) is 0 Å². The molecule has 6 nitrogen and oxygen atoms in total. The maximum Gasteiger partial charge on any atom is 0.185 e. The van der Waals surface area contributed by atoms with Crippen molar-refractivity contribution in [2.24, 2.45) is 0 Å². The van der Waals surface area contributed by atoms with E-state index >= 15 is 0 Å². The molecule has 25 heavy (non-hydrogen) atoms. The van der Waals surface area contributed by atoms with Crippen molar-refractivity contribution in [3.63, 3.8) is 0 Å². The SMILES string of the molecule is Cc1cc(-n2c(C)cc(-c3csc(N4CCN(C)CC4)n3)c2C)no1. The zero-order chi connectivity index (χ0) is 17.6. The number of hydrogen-bond donors (Lipinski definition) is 0. The van der Waals surface area contributed by atoms with E-state index in [0.717, 1.165) is 65.5 Å². The van der Waals surface area contributed by atoms with Gasteiger partial charge in [-0.05, 0) is 33.9 Å². The predicted octanol–water partition coefficient (Wildman–Crippen LogP) is 3.27. The van der Waals surface area contributed by atoms with Crippen molar-refractivity contribution >= 4 is 16.5 Å². The third-order valence-electron chi connectivity index (χ3n) is 4.82. The third-order valence-corrected chi connectivity index (χ3v) is 5.72. The van der Waals surface area contributed by atoms with Crippen LogP contribution >= 0.6 is 11.3 Å². The van der Waals surface area contributed by atoms with Crippen molar-refractivity contribution in [3.05, 3.63) is 34.7 Å². The van der Waals surface area contributed by atoms with E-state index in [9.17, 15) is 0 Å². The molecule has 0 spiro atoms. The summed E-state index contributed by atoms with van der Waals surface area (Å²) in [5.74, 6) is 1.64. The molecule has 1 aliphatic rings. The number of nitrogens with zero attached hydrogens (tertiary/aromatic N) is 5. The van der Waals surface area contributed by atoms with Gasteiger partial charge < -0.3 is 14.3 Å². The molecule has 3 aromatic heterocycles. The van der Waals surface area contributed by atoms with Crippen LogP contribution in [0.25, 0.3) is 17.1 Å². The van der Waals surface area contributed by atoms with Crippen LogP contribution in [0.4, 0.5) is 5.13 Å². The molecular formula is C18H23N5OS. The summed E-state index contributed by atoms with van der Waals surface area (Å²) in [6.45, 7) is 10.4. The van der Waals surface area contributed by atoms with Crippen LogP contribution in [-0.4, -0.2) is 52.8 Å². The van der Waals surface area contributed by atoms with Gasteiger partial charge in [0.25, 0.3) is 0 Å². The van der Waals surface area contributed by atoms with Gasteiger partial charge >= 0.3 is 0 Å². The highest BCUT2D eigenvalue weighted by molar-refractivity contribution is 7.14. The van der Waals surface area contributed by atoms with Gasteiger partial charge in [-0.3, -0.25) is 4.57 Å². The van der Waals surface area contributed by atoms with Crippen LogP contribution in [0.1, 0.15) is 17.1 Å². The molecule has 0 radical (unpaired) electrons. The fraction of sp³-hybridized carbons (Fsp3) is 0.444. The molecule has 0 aromatic carbocycles. The Morgan fingerprint density at radius 2 is 1.84 bits per heavy atom. The number of likely N-dealkylation sites (N-methyl/N-ethyl adjacent to an activating group) is 1. The van der Waals surface area contributed by atoms with E-state index in [-0.39, 0.29) is 0 Å². The van der Waals surface area contributed by atoms with E-state index < -0.39 is 0 Å². The van der Waals surface area contributed by atoms with Crippen molar-refractivity contribution in [3.8, 4) is 17.1 Å². The first-order valence-corrected chi connectivity index (χ1v) is 9.43. The maximum atomic E-state index is 5.24. The van der Waals surface area contributed by atoms with E-state index in [1.807, 2.05) is 13.0 Å². The highest BCUT2D eigenvalue weighted by Gasteiger charge is 2.20. The van der Waals surface area contributed by atoms with Gasteiger partial charge in [-0.1, -0.05) is 5.16 Å². The van der Waals surface area contributed by atoms with Gasteiger partial charge in [0.1, 0.15) is 5.76 Å². The van der Waals surface area contributed by atoms with Gasteiger partial charge in [0.15, 0.2) is 10.9 Å². The molecule has 0 atom stereocenters. The highest BCUT2D eigenvalue weighted by atomic mass is 32.1. The Balaban J connectivity index is 1.65. The van der Waals surface area contributed by atoms with Crippen LogP contribution in [0.2, 0.25) is 0 Å². The number of rotatable bonds is 3. The van der Waals surface area contributed by atoms with Crippen LogP contribution in [-0.2, 0) is 0 Å². The Morgan fingerprint density at radius 3 is 2.52 bits per heavy atom. The number of aryl methyl sites for hydroxylation is 2. The second kappa shape index (κ2) is 6.31. The Labute approximate surface area is 151 Å². The summed E-state index contributed by atoms with van der Waals surface area (Å²) < 4.78 is 7.37. The number of thiazole rings is 1. The molecule has 4 heterocycles. The topological polar surface area (TPSA) is 50.3 Å². The van der Waals surface area contributed by atoms with Gasteiger partial charge in [0.05, 0.1) is 5.69 Å². The molecule has 7 heteroatoms. The summed E-state index contributed by atoms with van der Waals surface area (Å²) in [4.78, 5) is 9.66. The van der Waals surface area contributed by atoms with Crippen molar-refractivity contribution in [1.29, 1.82) is 0 Å². The predicted molar refractivity (Wildman–Crippen MR) is 101 cm³/mol. The average molecular weight is 357 g/mol. The molecule has 0 bridgehead atoms. The van der Waals surface area contributed by atoms with Gasteiger partial charge in [-0.15, -0.1) is 11.3 Å². The van der Waals surface area contributed by atoms with Crippen LogP contribution < -0.4 is 4.90 Å². The van der Waals surface area contributed by atoms with E-state index in [1.165, 1.54) is 0 Å². The molecule has 4 rings (SSSR count). The van der Waals surface area contributed by atoms with E-state index in [1.54, 1.807) is 11.3 Å². The molecule has 0 unspecified atom stereocenters. The molecule has 3 aromatic rings. The molecule has 132 valence electrons. The fourth-order valence-electron chi connectivity index (χ4n) is 3.36. The Hall–Kier alpha value is -2.12. The summed E-state index contributed by atoms with van der Waals surface area (Å²) in [6.07, 6.45) is 0. The summed E-state index contributed by atoms with van der Waals surface area (Å²) in [5.41, 5.74) is 4.48. The molecule has 0 N–H and O–H groups in total. The van der Waals surface area contributed by atoms with Crippen LogP contribution in [0.5, 0.6) is 0 Å². The van der Waals surface area contributed by atoms with Gasteiger partial charge in [-0.2, -0.15) is 0 Å². The summed E-state index contributed by atoms with van der Waals surface area (Å²) >= 11 is 1.73. The summed E-state index contributed by atoms with van der Waals surface area (Å²) in [7, 11) is 2.17. The normalized spacial score (nSPS) is 15.9. The lowest BCUT2D eigenvalue weighted by Crippen LogP contribution is -2.44. The lowest BCUT2D eigenvalue weighted by molar-refractivity contribution is 0.313. The van der Waals surface area contributed by atoms with Gasteiger partial charge in [0, 0.05) is 54.6 Å². The molecular weight excluding hydrogens is 334 g/mol. The van der Waals surface area contributed by atoms with Crippen molar-refractivity contribution < 1.29 is 4.52 Å². The molecule has 1 saturated heterocycles. The lowest BCUT2D eigenvalue weighted by atomic mass is 10.2. The smallest absolute Gasteiger partial charge is 0.185 e. The first-order valence-electron chi connectivity index (χ1n) is 8.55. The van der Waals surface area contributed by atoms with Gasteiger partial charge in [0.2, 0.25) is 0 Å². The molecule has 1 fully saturated rings. The zero-order valence-corrected chi connectivity index (χ0v) is 15.9. The highest BCUT2D eigenvalue weighted by Crippen LogP contribution is 2.33. The second-order valence-electron chi connectivity index (χ2n) is 6.72. The van der Waals surface area contributed by atoms with Crippen LogP contribution in [0.3, 0.4) is 0 Å². The Morgan fingerprint density at radius 1 is 1.08 bits per heavy atom. The lowest BCUT2D eigenvalue weighted by Gasteiger charge is -2.32. The average Bonchev–Trinajstić information content (AvgIpc) is 3.28. The van der Waals surface area contributed by atoms with Crippen LogP contribution in [0.15, 0.2) is 22.0 Å².